The number of benzene rings is 2. The molecule has 0 saturated carbocycles. The van der Waals surface area contributed by atoms with Crippen LogP contribution in [0.25, 0.3) is 0 Å². The summed E-state index contributed by atoms with van der Waals surface area (Å²) in [5.74, 6) is 0.501. The van der Waals surface area contributed by atoms with E-state index in [1.807, 2.05) is 0 Å². The van der Waals surface area contributed by atoms with Gasteiger partial charge in [0.05, 0.1) is 21.9 Å². The fourth-order valence-electron chi connectivity index (χ4n) is 1.90. The van der Waals surface area contributed by atoms with Crippen LogP contribution in [-0.4, -0.2) is 18.4 Å². The maximum atomic E-state index is 13.2. The van der Waals surface area contributed by atoms with Crippen LogP contribution in [0.15, 0.2) is 64.4 Å². The Morgan fingerprint density at radius 2 is 2.04 bits per heavy atom. The number of nitrogens with zero attached hydrogens (tertiary/aromatic N) is 1. The van der Waals surface area contributed by atoms with Crippen LogP contribution >= 0.6 is 15.9 Å². The molecule has 0 fully saturated rings. The SMILES string of the molecule is O=S(=O)(Nc1cnc[nH]1)c1ccc(Oc2cccc(F)c2)c(Br)c1. The molecule has 3 rings (SSSR count). The van der Waals surface area contributed by atoms with E-state index >= 15 is 0 Å². The van der Waals surface area contributed by atoms with Crippen molar-refractivity contribution in [2.24, 2.45) is 0 Å². The first-order valence-electron chi connectivity index (χ1n) is 6.68. The average molecular weight is 412 g/mol. The zero-order valence-electron chi connectivity index (χ0n) is 12.0. The van der Waals surface area contributed by atoms with Gasteiger partial charge in [0.2, 0.25) is 0 Å². The first kappa shape index (κ1) is 16.5. The lowest BCUT2D eigenvalue weighted by Gasteiger charge is -2.10. The van der Waals surface area contributed by atoms with Crippen LogP contribution in [0.4, 0.5) is 10.2 Å². The van der Waals surface area contributed by atoms with Crippen LogP contribution in [0.5, 0.6) is 11.5 Å². The topological polar surface area (TPSA) is 84.1 Å². The summed E-state index contributed by atoms with van der Waals surface area (Å²) in [7, 11) is -3.77. The summed E-state index contributed by atoms with van der Waals surface area (Å²) in [6, 6.07) is 9.92. The Kier molecular flexibility index (Phi) is 4.54. The molecule has 6 nitrogen and oxygen atoms in total. The second kappa shape index (κ2) is 6.62. The van der Waals surface area contributed by atoms with Crippen molar-refractivity contribution in [3.63, 3.8) is 0 Å². The third-order valence-corrected chi connectivity index (χ3v) is 4.96. The lowest BCUT2D eigenvalue weighted by Crippen LogP contribution is -2.13. The summed E-state index contributed by atoms with van der Waals surface area (Å²) >= 11 is 3.26. The normalized spacial score (nSPS) is 11.2. The van der Waals surface area contributed by atoms with Gasteiger partial charge in [-0.05, 0) is 46.3 Å². The number of nitrogens with one attached hydrogen (secondary N) is 2. The second-order valence-electron chi connectivity index (χ2n) is 4.72. The zero-order valence-corrected chi connectivity index (χ0v) is 14.4. The molecule has 24 heavy (non-hydrogen) atoms. The monoisotopic (exact) mass is 411 g/mol. The number of aromatic nitrogens is 2. The molecule has 1 heterocycles. The molecule has 0 bridgehead atoms. The number of hydrogen-bond donors (Lipinski definition) is 2. The largest absolute Gasteiger partial charge is 0.456 e. The van der Waals surface area contributed by atoms with Crippen LogP contribution in [0, 0.1) is 5.82 Å². The van der Waals surface area contributed by atoms with Gasteiger partial charge < -0.3 is 9.72 Å². The van der Waals surface area contributed by atoms with Crippen LogP contribution in [0.1, 0.15) is 0 Å². The Morgan fingerprint density at radius 1 is 1.21 bits per heavy atom. The first-order chi connectivity index (χ1) is 11.4. The predicted molar refractivity (Wildman–Crippen MR) is 90.0 cm³/mol. The predicted octanol–water partition coefficient (Wildman–Crippen LogP) is 3.90. The van der Waals surface area contributed by atoms with E-state index in [-0.39, 0.29) is 10.7 Å². The highest BCUT2D eigenvalue weighted by Gasteiger charge is 2.17. The van der Waals surface area contributed by atoms with Crippen molar-refractivity contribution in [1.82, 2.24) is 9.97 Å². The van der Waals surface area contributed by atoms with Crippen molar-refractivity contribution < 1.29 is 17.5 Å². The molecular formula is C15H11BrFN3O3S. The molecular weight excluding hydrogens is 401 g/mol. The van der Waals surface area contributed by atoms with Gasteiger partial charge in [0, 0.05) is 6.07 Å². The van der Waals surface area contributed by atoms with Crippen LogP contribution < -0.4 is 9.46 Å². The summed E-state index contributed by atoms with van der Waals surface area (Å²) in [6.07, 6.45) is 2.72. The molecule has 0 spiro atoms. The maximum absolute atomic E-state index is 13.2. The minimum atomic E-state index is -3.77. The molecule has 3 aromatic rings. The second-order valence-corrected chi connectivity index (χ2v) is 7.26. The van der Waals surface area contributed by atoms with Crippen LogP contribution in [0.3, 0.4) is 0 Å². The number of H-pyrrole nitrogens is 1. The molecule has 0 aliphatic rings. The molecule has 0 amide bonds. The fraction of sp³-hybridized carbons (Fsp3) is 0. The molecule has 2 aromatic carbocycles. The van der Waals surface area contributed by atoms with Gasteiger partial charge in [-0.2, -0.15) is 0 Å². The van der Waals surface area contributed by atoms with Crippen molar-refractivity contribution in [3.8, 4) is 11.5 Å². The fourth-order valence-corrected chi connectivity index (χ4v) is 3.55. The summed E-state index contributed by atoms with van der Waals surface area (Å²) < 4.78 is 46.1. The number of anilines is 1. The van der Waals surface area contributed by atoms with Gasteiger partial charge in [-0.1, -0.05) is 6.07 Å². The van der Waals surface area contributed by atoms with E-state index in [9.17, 15) is 12.8 Å². The van der Waals surface area contributed by atoms with Crippen LogP contribution in [0.2, 0.25) is 0 Å². The average Bonchev–Trinajstić information content (AvgIpc) is 3.01. The van der Waals surface area contributed by atoms with E-state index in [0.717, 1.165) is 0 Å². The molecule has 9 heteroatoms. The van der Waals surface area contributed by atoms with E-state index in [2.05, 4.69) is 30.6 Å². The number of sulfonamides is 1. The highest BCUT2D eigenvalue weighted by atomic mass is 79.9. The Balaban J connectivity index is 1.84. The Hall–Kier alpha value is -2.39. The van der Waals surface area contributed by atoms with E-state index in [1.54, 1.807) is 6.07 Å². The first-order valence-corrected chi connectivity index (χ1v) is 8.96. The molecule has 0 radical (unpaired) electrons. The van der Waals surface area contributed by atoms with E-state index < -0.39 is 15.8 Å². The van der Waals surface area contributed by atoms with Crippen LogP contribution in [-0.2, 0) is 10.0 Å². The molecule has 0 saturated heterocycles. The smallest absolute Gasteiger partial charge is 0.263 e. The number of imidazole rings is 1. The highest BCUT2D eigenvalue weighted by Crippen LogP contribution is 2.32. The minimum absolute atomic E-state index is 0.0376. The van der Waals surface area contributed by atoms with E-state index in [4.69, 9.17) is 4.74 Å². The molecule has 0 aliphatic heterocycles. The summed E-state index contributed by atoms with van der Waals surface area (Å²) in [5, 5.41) is 0. The van der Waals surface area contributed by atoms with Gasteiger partial charge in [-0.25, -0.2) is 17.8 Å². The van der Waals surface area contributed by atoms with Crippen molar-refractivity contribution in [3.05, 3.63) is 65.3 Å². The van der Waals surface area contributed by atoms with E-state index in [0.29, 0.717) is 16.0 Å². The van der Waals surface area contributed by atoms with Gasteiger partial charge in [-0.15, -0.1) is 0 Å². The third-order valence-electron chi connectivity index (χ3n) is 2.98. The zero-order chi connectivity index (χ0) is 17.2. The van der Waals surface area contributed by atoms with Gasteiger partial charge in [0.1, 0.15) is 23.1 Å². The number of rotatable bonds is 5. The summed E-state index contributed by atoms with van der Waals surface area (Å²) in [5.41, 5.74) is 0. The molecule has 2 N–H and O–H groups in total. The lowest BCUT2D eigenvalue weighted by atomic mass is 10.3. The maximum Gasteiger partial charge on any atom is 0.263 e. The highest BCUT2D eigenvalue weighted by molar-refractivity contribution is 9.10. The molecule has 0 aliphatic carbocycles. The lowest BCUT2D eigenvalue weighted by molar-refractivity contribution is 0.473. The molecule has 1 aromatic heterocycles. The van der Waals surface area contributed by atoms with Gasteiger partial charge in [0.25, 0.3) is 10.0 Å². The Morgan fingerprint density at radius 3 is 2.71 bits per heavy atom. The van der Waals surface area contributed by atoms with Crippen molar-refractivity contribution in [1.29, 1.82) is 0 Å². The van der Waals surface area contributed by atoms with Gasteiger partial charge in [-0.3, -0.25) is 4.72 Å². The number of halogens is 2. The Labute approximate surface area is 145 Å². The van der Waals surface area contributed by atoms with Gasteiger partial charge >= 0.3 is 0 Å². The van der Waals surface area contributed by atoms with Crippen molar-refractivity contribution in [2.75, 3.05) is 4.72 Å². The standard InChI is InChI=1S/C15H11BrFN3O3S/c16-13-7-12(24(21,22)20-15-8-18-9-19-15)4-5-14(13)23-11-3-1-2-10(17)6-11/h1-9,20H,(H,18,19). The van der Waals surface area contributed by atoms with Crippen molar-refractivity contribution >= 4 is 31.8 Å². The minimum Gasteiger partial charge on any atom is -0.456 e. The number of aromatic amines is 1. The quantitative estimate of drug-likeness (QED) is 0.666. The third kappa shape index (κ3) is 3.74. The molecule has 0 atom stereocenters. The summed E-state index contributed by atoms with van der Waals surface area (Å²) in [4.78, 5) is 6.43. The molecule has 0 unspecified atom stereocenters. The summed E-state index contributed by atoms with van der Waals surface area (Å²) in [6.45, 7) is 0. The van der Waals surface area contributed by atoms with Crippen molar-refractivity contribution in [2.45, 2.75) is 4.90 Å². The van der Waals surface area contributed by atoms with Gasteiger partial charge in [0.15, 0.2) is 0 Å². The number of ether oxygens (including phenoxy) is 1. The number of hydrogen-bond acceptors (Lipinski definition) is 4. The molecule has 124 valence electrons. The van der Waals surface area contributed by atoms with E-state index in [1.165, 1.54) is 48.9 Å². The Bertz CT molecular complexity index is 962.